The van der Waals surface area contributed by atoms with Gasteiger partial charge in [-0.3, -0.25) is 0 Å². The smallest absolute Gasteiger partial charge is 0.194 e. The van der Waals surface area contributed by atoms with Crippen LogP contribution in [0.25, 0.3) is 10.4 Å². The summed E-state index contributed by atoms with van der Waals surface area (Å²) in [5.74, 6) is -3.74. The molecular weight excluding hydrogens is 295 g/mol. The molecule has 1 atom stereocenters. The van der Waals surface area contributed by atoms with Crippen LogP contribution in [-0.4, -0.2) is 6.54 Å². The molecule has 1 aromatic carbocycles. The van der Waals surface area contributed by atoms with Crippen molar-refractivity contribution in [2.24, 2.45) is 0 Å². The highest BCUT2D eigenvalue weighted by Crippen LogP contribution is 2.34. The van der Waals surface area contributed by atoms with E-state index in [1.807, 2.05) is 19.1 Å². The Hall–Kier alpha value is -1.33. The van der Waals surface area contributed by atoms with Crippen molar-refractivity contribution in [2.45, 2.75) is 32.7 Å². The quantitative estimate of drug-likeness (QED) is 0.715. The zero-order chi connectivity index (χ0) is 15.4. The van der Waals surface area contributed by atoms with Gasteiger partial charge in [0.15, 0.2) is 17.5 Å². The number of thiophene rings is 1. The van der Waals surface area contributed by atoms with Crippen LogP contribution in [0, 0.1) is 17.5 Å². The molecule has 21 heavy (non-hydrogen) atoms. The van der Waals surface area contributed by atoms with Gasteiger partial charge in [0.1, 0.15) is 0 Å². The molecule has 5 heteroatoms. The molecule has 0 radical (unpaired) electrons. The lowest BCUT2D eigenvalue weighted by Crippen LogP contribution is -2.19. The van der Waals surface area contributed by atoms with Crippen LogP contribution >= 0.6 is 11.3 Å². The standard InChI is InChI=1S/C16H18F3NS/c1-3-5-13(20-4-2)15-7-6-14(21-15)10-8-11(17)16(19)12(18)9-10/h6-9,13,20H,3-5H2,1-2H3. The molecule has 0 saturated heterocycles. The minimum absolute atomic E-state index is 0.244. The first-order valence-electron chi connectivity index (χ1n) is 7.04. The highest BCUT2D eigenvalue weighted by molar-refractivity contribution is 7.15. The summed E-state index contributed by atoms with van der Waals surface area (Å²) < 4.78 is 39.6. The molecule has 1 nitrogen and oxygen atoms in total. The van der Waals surface area contributed by atoms with Gasteiger partial charge in [-0.2, -0.15) is 0 Å². The molecule has 0 bridgehead atoms. The summed E-state index contributed by atoms with van der Waals surface area (Å²) in [6.07, 6.45) is 2.05. The molecule has 1 unspecified atom stereocenters. The third kappa shape index (κ3) is 3.66. The molecule has 1 aromatic heterocycles. The summed E-state index contributed by atoms with van der Waals surface area (Å²) in [7, 11) is 0. The minimum Gasteiger partial charge on any atom is -0.310 e. The maximum absolute atomic E-state index is 13.3. The van der Waals surface area contributed by atoms with Crippen LogP contribution in [0.3, 0.4) is 0 Å². The maximum atomic E-state index is 13.3. The second kappa shape index (κ2) is 7.09. The Balaban J connectivity index is 2.30. The van der Waals surface area contributed by atoms with Gasteiger partial charge >= 0.3 is 0 Å². The van der Waals surface area contributed by atoms with Crippen molar-refractivity contribution in [1.29, 1.82) is 0 Å². The van der Waals surface area contributed by atoms with E-state index >= 15 is 0 Å². The minimum atomic E-state index is -1.42. The van der Waals surface area contributed by atoms with Gasteiger partial charge in [-0.15, -0.1) is 11.3 Å². The van der Waals surface area contributed by atoms with Crippen LogP contribution in [-0.2, 0) is 0 Å². The van der Waals surface area contributed by atoms with Gasteiger partial charge in [-0.05, 0) is 42.8 Å². The number of rotatable bonds is 6. The molecule has 2 rings (SSSR count). The van der Waals surface area contributed by atoms with Crippen molar-refractivity contribution in [3.8, 4) is 10.4 Å². The Morgan fingerprint density at radius 3 is 2.33 bits per heavy atom. The van der Waals surface area contributed by atoms with E-state index in [0.29, 0.717) is 5.56 Å². The van der Waals surface area contributed by atoms with Crippen LogP contribution < -0.4 is 5.32 Å². The Labute approximate surface area is 126 Å². The normalized spacial score (nSPS) is 12.6. The lowest BCUT2D eigenvalue weighted by atomic mass is 10.1. The van der Waals surface area contributed by atoms with Gasteiger partial charge in [0.25, 0.3) is 0 Å². The monoisotopic (exact) mass is 313 g/mol. The predicted octanol–water partition coefficient (Wildman–Crippen LogP) is 5.28. The van der Waals surface area contributed by atoms with Gasteiger partial charge in [0, 0.05) is 15.8 Å². The summed E-state index contributed by atoms with van der Waals surface area (Å²) in [5.41, 5.74) is 0.370. The average Bonchev–Trinajstić information content (AvgIpc) is 2.93. The van der Waals surface area contributed by atoms with E-state index in [1.165, 1.54) is 11.3 Å². The zero-order valence-electron chi connectivity index (χ0n) is 12.1. The third-order valence-electron chi connectivity index (χ3n) is 3.27. The average molecular weight is 313 g/mol. The zero-order valence-corrected chi connectivity index (χ0v) is 12.9. The molecule has 0 aliphatic carbocycles. The topological polar surface area (TPSA) is 12.0 Å². The van der Waals surface area contributed by atoms with Crippen LogP contribution in [0.2, 0.25) is 0 Å². The van der Waals surface area contributed by atoms with E-state index < -0.39 is 17.5 Å². The summed E-state index contributed by atoms with van der Waals surface area (Å²) in [6, 6.07) is 6.11. The largest absolute Gasteiger partial charge is 0.310 e. The highest BCUT2D eigenvalue weighted by Gasteiger charge is 2.15. The Morgan fingerprint density at radius 1 is 1.10 bits per heavy atom. The molecule has 0 aliphatic heterocycles. The number of hydrogen-bond acceptors (Lipinski definition) is 2. The maximum Gasteiger partial charge on any atom is 0.194 e. The van der Waals surface area contributed by atoms with E-state index in [9.17, 15) is 13.2 Å². The van der Waals surface area contributed by atoms with Gasteiger partial charge in [0.2, 0.25) is 0 Å². The van der Waals surface area contributed by atoms with Crippen LogP contribution in [0.1, 0.15) is 37.6 Å². The molecular formula is C16H18F3NS. The van der Waals surface area contributed by atoms with Crippen LogP contribution in [0.5, 0.6) is 0 Å². The van der Waals surface area contributed by atoms with Crippen LogP contribution in [0.4, 0.5) is 13.2 Å². The molecule has 1 heterocycles. The van der Waals surface area contributed by atoms with E-state index in [0.717, 1.165) is 41.3 Å². The predicted molar refractivity (Wildman–Crippen MR) is 81.0 cm³/mol. The highest BCUT2D eigenvalue weighted by atomic mass is 32.1. The fraction of sp³-hybridized carbons (Fsp3) is 0.375. The molecule has 2 aromatic rings. The summed E-state index contributed by atoms with van der Waals surface area (Å²) in [6.45, 7) is 5.02. The molecule has 0 amide bonds. The molecule has 1 N–H and O–H groups in total. The lowest BCUT2D eigenvalue weighted by molar-refractivity contribution is 0.448. The van der Waals surface area contributed by atoms with E-state index in [4.69, 9.17) is 0 Å². The van der Waals surface area contributed by atoms with Gasteiger partial charge in [-0.1, -0.05) is 20.3 Å². The fourth-order valence-electron chi connectivity index (χ4n) is 2.27. The molecule has 0 spiro atoms. The van der Waals surface area contributed by atoms with Crippen molar-refractivity contribution in [3.63, 3.8) is 0 Å². The lowest BCUT2D eigenvalue weighted by Gasteiger charge is -2.15. The molecule has 0 saturated carbocycles. The summed E-state index contributed by atoms with van der Waals surface area (Å²) in [4.78, 5) is 1.86. The molecule has 114 valence electrons. The second-order valence-corrected chi connectivity index (χ2v) is 5.97. The number of nitrogens with one attached hydrogen (secondary N) is 1. The van der Waals surface area contributed by atoms with Gasteiger partial charge in [-0.25, -0.2) is 13.2 Å². The Bertz CT molecular complexity index is 580. The first-order valence-corrected chi connectivity index (χ1v) is 7.86. The molecule has 0 fully saturated rings. The van der Waals surface area contributed by atoms with Crippen molar-refractivity contribution >= 4 is 11.3 Å². The van der Waals surface area contributed by atoms with E-state index in [1.54, 1.807) is 0 Å². The second-order valence-electron chi connectivity index (χ2n) is 4.85. The number of halogens is 3. The van der Waals surface area contributed by atoms with Crippen molar-refractivity contribution < 1.29 is 13.2 Å². The SMILES string of the molecule is CCCC(NCC)c1ccc(-c2cc(F)c(F)c(F)c2)s1. The number of benzene rings is 1. The van der Waals surface area contributed by atoms with Gasteiger partial charge < -0.3 is 5.32 Å². The van der Waals surface area contributed by atoms with Crippen molar-refractivity contribution in [2.75, 3.05) is 6.54 Å². The Morgan fingerprint density at radius 2 is 1.76 bits per heavy atom. The molecule has 0 aliphatic rings. The van der Waals surface area contributed by atoms with Crippen molar-refractivity contribution in [3.05, 3.63) is 46.6 Å². The van der Waals surface area contributed by atoms with E-state index in [-0.39, 0.29) is 6.04 Å². The summed E-state index contributed by atoms with van der Waals surface area (Å²) >= 11 is 1.48. The Kier molecular flexibility index (Phi) is 5.42. The summed E-state index contributed by atoms with van der Waals surface area (Å²) in [5, 5.41) is 3.40. The van der Waals surface area contributed by atoms with Gasteiger partial charge in [0.05, 0.1) is 0 Å². The number of hydrogen-bond donors (Lipinski definition) is 1. The first kappa shape index (κ1) is 16.0. The van der Waals surface area contributed by atoms with Crippen molar-refractivity contribution in [1.82, 2.24) is 5.32 Å². The van der Waals surface area contributed by atoms with E-state index in [2.05, 4.69) is 12.2 Å². The first-order chi connectivity index (χ1) is 10.1. The van der Waals surface area contributed by atoms with Crippen LogP contribution in [0.15, 0.2) is 24.3 Å². The third-order valence-corrected chi connectivity index (χ3v) is 4.51. The fourth-order valence-corrected chi connectivity index (χ4v) is 3.38.